The van der Waals surface area contributed by atoms with Crippen LogP contribution in [0.4, 0.5) is 0 Å². The molecule has 5 heteroatoms. The third-order valence-electron chi connectivity index (χ3n) is 4.87. The van der Waals surface area contributed by atoms with Crippen LogP contribution in [0, 0.1) is 0 Å². The number of carbonyl (C=O) groups is 2. The van der Waals surface area contributed by atoms with Crippen molar-refractivity contribution in [3.63, 3.8) is 0 Å². The Kier molecular flexibility index (Phi) is 4.59. The molecule has 27 heavy (non-hydrogen) atoms. The van der Waals surface area contributed by atoms with Crippen LogP contribution >= 0.6 is 0 Å². The molecule has 0 radical (unpaired) electrons. The lowest BCUT2D eigenvalue weighted by molar-refractivity contribution is 0.0475. The fraction of sp³-hybridized carbons (Fsp3) is 0.227. The van der Waals surface area contributed by atoms with E-state index in [-0.39, 0.29) is 12.4 Å². The van der Waals surface area contributed by atoms with Crippen LogP contribution in [-0.4, -0.2) is 30.5 Å². The van der Waals surface area contributed by atoms with Gasteiger partial charge in [-0.05, 0) is 43.0 Å². The molecule has 0 fully saturated rings. The summed E-state index contributed by atoms with van der Waals surface area (Å²) in [6.07, 6.45) is 2.64. The van der Waals surface area contributed by atoms with Gasteiger partial charge in [0.15, 0.2) is 6.61 Å². The first kappa shape index (κ1) is 17.2. The molecule has 0 spiro atoms. The second kappa shape index (κ2) is 7.19. The second-order valence-corrected chi connectivity index (χ2v) is 6.48. The number of benzene rings is 2. The van der Waals surface area contributed by atoms with Crippen molar-refractivity contribution in [1.82, 2.24) is 4.98 Å². The number of esters is 1. The predicted octanol–water partition coefficient (Wildman–Crippen LogP) is 3.77. The smallest absolute Gasteiger partial charge is 0.339 e. The summed E-state index contributed by atoms with van der Waals surface area (Å²) in [6, 6.07) is 14.4. The van der Waals surface area contributed by atoms with Crippen molar-refractivity contribution in [3.8, 4) is 5.75 Å². The molecule has 1 aliphatic carbocycles. The van der Waals surface area contributed by atoms with E-state index in [9.17, 15) is 9.59 Å². The van der Waals surface area contributed by atoms with Crippen LogP contribution in [-0.2, 0) is 17.6 Å². The molecule has 4 rings (SSSR count). The number of pyridine rings is 1. The van der Waals surface area contributed by atoms with Crippen LogP contribution in [0.1, 0.15) is 38.4 Å². The van der Waals surface area contributed by atoms with Gasteiger partial charge in [0.05, 0.1) is 23.8 Å². The lowest BCUT2D eigenvalue weighted by Gasteiger charge is -2.12. The Bertz CT molecular complexity index is 1040. The van der Waals surface area contributed by atoms with Crippen molar-refractivity contribution in [3.05, 3.63) is 70.9 Å². The predicted molar refractivity (Wildman–Crippen MR) is 101 cm³/mol. The molecule has 0 unspecified atom stereocenters. The fourth-order valence-corrected chi connectivity index (χ4v) is 3.60. The molecule has 0 amide bonds. The standard InChI is InChI=1S/C22H19NO4/c1-26-20-12-5-3-8-16(20)19(24)13-27-22(25)21-14-7-2-4-10-17(14)23-18-11-6-9-15(18)21/h2-5,7-8,10,12H,6,9,11,13H2,1H3. The number of aryl methyl sites for hydroxylation is 1. The van der Waals surface area contributed by atoms with Crippen molar-refractivity contribution >= 4 is 22.7 Å². The minimum absolute atomic E-state index is 0.296. The molecular formula is C22H19NO4. The molecule has 5 nitrogen and oxygen atoms in total. The summed E-state index contributed by atoms with van der Waals surface area (Å²) in [5, 5.41) is 0.771. The highest BCUT2D eigenvalue weighted by atomic mass is 16.5. The highest BCUT2D eigenvalue weighted by molar-refractivity contribution is 6.07. The van der Waals surface area contributed by atoms with Gasteiger partial charge in [-0.2, -0.15) is 0 Å². The van der Waals surface area contributed by atoms with Gasteiger partial charge in [0.25, 0.3) is 0 Å². The van der Waals surface area contributed by atoms with Crippen LogP contribution in [0.5, 0.6) is 5.75 Å². The number of rotatable bonds is 5. The molecule has 0 saturated carbocycles. The Hall–Kier alpha value is -3.21. The van der Waals surface area contributed by atoms with Gasteiger partial charge in [0.1, 0.15) is 5.75 Å². The van der Waals surface area contributed by atoms with E-state index in [1.54, 1.807) is 24.3 Å². The van der Waals surface area contributed by atoms with Crippen LogP contribution in [0.25, 0.3) is 10.9 Å². The highest BCUT2D eigenvalue weighted by Crippen LogP contribution is 2.30. The van der Waals surface area contributed by atoms with Crippen molar-refractivity contribution < 1.29 is 19.1 Å². The van der Waals surface area contributed by atoms with Gasteiger partial charge in [-0.1, -0.05) is 30.3 Å². The van der Waals surface area contributed by atoms with Crippen molar-refractivity contribution in [2.45, 2.75) is 19.3 Å². The maximum Gasteiger partial charge on any atom is 0.339 e. The molecule has 1 heterocycles. The van der Waals surface area contributed by atoms with E-state index in [1.165, 1.54) is 7.11 Å². The van der Waals surface area contributed by atoms with Crippen molar-refractivity contribution in [2.24, 2.45) is 0 Å². The Morgan fingerprint density at radius 2 is 1.81 bits per heavy atom. The first-order chi connectivity index (χ1) is 13.2. The Morgan fingerprint density at radius 3 is 2.67 bits per heavy atom. The van der Waals surface area contributed by atoms with E-state index >= 15 is 0 Å². The molecule has 3 aromatic rings. The van der Waals surface area contributed by atoms with E-state index in [2.05, 4.69) is 4.98 Å². The Balaban J connectivity index is 1.62. The number of nitrogens with zero attached hydrogens (tertiary/aromatic N) is 1. The Labute approximate surface area is 156 Å². The molecule has 0 atom stereocenters. The zero-order chi connectivity index (χ0) is 18.8. The molecular weight excluding hydrogens is 342 g/mol. The van der Waals surface area contributed by atoms with E-state index in [0.29, 0.717) is 16.9 Å². The normalized spacial score (nSPS) is 12.6. The number of methoxy groups -OCH3 is 1. The monoisotopic (exact) mass is 361 g/mol. The summed E-state index contributed by atoms with van der Waals surface area (Å²) < 4.78 is 10.6. The number of carbonyl (C=O) groups excluding carboxylic acids is 2. The molecule has 2 aromatic carbocycles. The molecule has 0 saturated heterocycles. The van der Waals surface area contributed by atoms with Crippen LogP contribution in [0.3, 0.4) is 0 Å². The highest BCUT2D eigenvalue weighted by Gasteiger charge is 2.25. The number of aromatic nitrogens is 1. The SMILES string of the molecule is COc1ccccc1C(=O)COC(=O)c1c2c(nc3ccccc13)CCC2. The third kappa shape index (κ3) is 3.16. The van der Waals surface area contributed by atoms with E-state index in [1.807, 2.05) is 24.3 Å². The zero-order valence-electron chi connectivity index (χ0n) is 15.0. The quantitative estimate of drug-likeness (QED) is 0.511. The largest absolute Gasteiger partial charge is 0.496 e. The average molecular weight is 361 g/mol. The van der Waals surface area contributed by atoms with Gasteiger partial charge in [-0.3, -0.25) is 9.78 Å². The summed E-state index contributed by atoms with van der Waals surface area (Å²) in [6.45, 7) is -0.329. The minimum Gasteiger partial charge on any atom is -0.496 e. The van der Waals surface area contributed by atoms with E-state index < -0.39 is 5.97 Å². The topological polar surface area (TPSA) is 65.5 Å². The lowest BCUT2D eigenvalue weighted by atomic mass is 10.0. The number of fused-ring (bicyclic) bond motifs is 2. The molecule has 0 bridgehead atoms. The first-order valence-electron chi connectivity index (χ1n) is 8.93. The first-order valence-corrected chi connectivity index (χ1v) is 8.93. The van der Waals surface area contributed by atoms with Gasteiger partial charge in [0, 0.05) is 11.1 Å². The van der Waals surface area contributed by atoms with Gasteiger partial charge >= 0.3 is 5.97 Å². The van der Waals surface area contributed by atoms with E-state index in [0.717, 1.165) is 41.4 Å². The fourth-order valence-electron chi connectivity index (χ4n) is 3.60. The number of hydrogen-bond donors (Lipinski definition) is 0. The number of ketones is 1. The second-order valence-electron chi connectivity index (χ2n) is 6.48. The summed E-state index contributed by atoms with van der Waals surface area (Å²) in [4.78, 5) is 30.0. The summed E-state index contributed by atoms with van der Waals surface area (Å²) in [7, 11) is 1.50. The number of ether oxygens (including phenoxy) is 2. The third-order valence-corrected chi connectivity index (χ3v) is 4.87. The molecule has 0 N–H and O–H groups in total. The van der Waals surface area contributed by atoms with Crippen LogP contribution in [0.2, 0.25) is 0 Å². The van der Waals surface area contributed by atoms with Gasteiger partial charge in [0.2, 0.25) is 5.78 Å². The van der Waals surface area contributed by atoms with Crippen LogP contribution in [0.15, 0.2) is 48.5 Å². The van der Waals surface area contributed by atoms with Crippen molar-refractivity contribution in [1.29, 1.82) is 0 Å². The van der Waals surface area contributed by atoms with Gasteiger partial charge < -0.3 is 9.47 Å². The Morgan fingerprint density at radius 1 is 1.04 bits per heavy atom. The van der Waals surface area contributed by atoms with Crippen molar-refractivity contribution in [2.75, 3.05) is 13.7 Å². The summed E-state index contributed by atoms with van der Waals surface area (Å²) in [5.74, 6) is -0.306. The van der Waals surface area contributed by atoms with Gasteiger partial charge in [-0.25, -0.2) is 4.79 Å². The molecule has 136 valence electrons. The average Bonchev–Trinajstić information content (AvgIpc) is 3.17. The van der Waals surface area contributed by atoms with Gasteiger partial charge in [-0.15, -0.1) is 0 Å². The summed E-state index contributed by atoms with van der Waals surface area (Å²) in [5.41, 5.74) is 3.62. The molecule has 0 aliphatic heterocycles. The van der Waals surface area contributed by atoms with Crippen LogP contribution < -0.4 is 4.74 Å². The van der Waals surface area contributed by atoms with E-state index in [4.69, 9.17) is 9.47 Å². The summed E-state index contributed by atoms with van der Waals surface area (Å²) >= 11 is 0. The number of hydrogen-bond acceptors (Lipinski definition) is 5. The lowest BCUT2D eigenvalue weighted by Crippen LogP contribution is -2.17. The maximum absolute atomic E-state index is 12.9. The number of Topliss-reactive ketones (excluding diaryl/α,β-unsaturated/α-hetero) is 1. The zero-order valence-corrected chi connectivity index (χ0v) is 15.0. The molecule has 1 aromatic heterocycles. The minimum atomic E-state index is -0.477. The molecule has 1 aliphatic rings. The maximum atomic E-state index is 12.9. The number of para-hydroxylation sites is 2.